The number of ether oxygens (including phenoxy) is 2. The summed E-state index contributed by atoms with van der Waals surface area (Å²) in [4.78, 5) is 18.8. The molecule has 0 spiro atoms. The first-order chi connectivity index (χ1) is 13.5. The average molecular weight is 395 g/mol. The minimum absolute atomic E-state index is 0.352. The fourth-order valence-electron chi connectivity index (χ4n) is 2.84. The number of hydrogen-bond donors (Lipinski definition) is 0. The number of nitrogens with zero attached hydrogens (tertiary/aromatic N) is 1. The molecule has 0 amide bonds. The number of carbonyl (C=O) groups is 1. The topological polar surface area (TPSA) is 49.7 Å². The van der Waals surface area contributed by atoms with Crippen LogP contribution < -0.4 is 9.57 Å². The van der Waals surface area contributed by atoms with Crippen molar-refractivity contribution in [3.63, 3.8) is 0 Å². The highest BCUT2D eigenvalue weighted by Gasteiger charge is 2.26. The van der Waals surface area contributed by atoms with E-state index in [0.717, 1.165) is 22.2 Å². The summed E-state index contributed by atoms with van der Waals surface area (Å²) < 4.78 is 13.1. The molecule has 154 valence electrons. The van der Waals surface area contributed by atoms with Gasteiger partial charge in [0.05, 0.1) is 5.52 Å². The molecule has 0 saturated carbocycles. The van der Waals surface area contributed by atoms with Gasteiger partial charge >= 0.3 is 5.97 Å². The van der Waals surface area contributed by atoms with Crippen molar-refractivity contribution in [2.24, 2.45) is 0 Å². The third-order valence-electron chi connectivity index (χ3n) is 3.95. The molecule has 5 nitrogen and oxygen atoms in total. The van der Waals surface area contributed by atoms with Crippen LogP contribution >= 0.6 is 0 Å². The van der Waals surface area contributed by atoms with E-state index in [2.05, 4.69) is 0 Å². The van der Waals surface area contributed by atoms with Crippen LogP contribution in [0.4, 0.5) is 0 Å². The van der Waals surface area contributed by atoms with Crippen LogP contribution in [0.3, 0.4) is 0 Å². The highest BCUT2D eigenvalue weighted by atomic mass is 16.7. The molecular formula is C24H29NO4. The molecule has 1 aromatic heterocycles. The van der Waals surface area contributed by atoms with Crippen LogP contribution in [-0.4, -0.2) is 21.9 Å². The minimum atomic E-state index is -0.593. The van der Waals surface area contributed by atoms with Gasteiger partial charge in [0.15, 0.2) is 5.69 Å². The van der Waals surface area contributed by atoms with Gasteiger partial charge in [-0.25, -0.2) is 4.79 Å². The molecular weight excluding hydrogens is 366 g/mol. The zero-order chi connectivity index (χ0) is 21.2. The van der Waals surface area contributed by atoms with Crippen molar-refractivity contribution in [1.29, 1.82) is 0 Å². The fourth-order valence-corrected chi connectivity index (χ4v) is 2.84. The Balaban J connectivity index is 1.94. The van der Waals surface area contributed by atoms with Gasteiger partial charge in [-0.2, -0.15) is 4.73 Å². The van der Waals surface area contributed by atoms with Crippen LogP contribution in [0, 0.1) is 0 Å². The molecule has 0 saturated heterocycles. The number of esters is 1. The fraction of sp³-hybridized carbons (Fsp3) is 0.375. The predicted octanol–water partition coefficient (Wildman–Crippen LogP) is 5.40. The smallest absolute Gasteiger partial charge is 0.358 e. The van der Waals surface area contributed by atoms with Gasteiger partial charge in [-0.1, -0.05) is 30.3 Å². The summed E-state index contributed by atoms with van der Waals surface area (Å²) in [5.74, 6) is 0.301. The zero-order valence-corrected chi connectivity index (χ0v) is 18.0. The van der Waals surface area contributed by atoms with Gasteiger partial charge in [-0.15, -0.1) is 0 Å². The number of aromatic nitrogens is 1. The zero-order valence-electron chi connectivity index (χ0n) is 18.0. The number of carbonyl (C=O) groups excluding carboxylic acids is 1. The average Bonchev–Trinajstić information content (AvgIpc) is 2.96. The Morgan fingerprint density at radius 1 is 0.897 bits per heavy atom. The molecule has 5 heteroatoms. The summed E-state index contributed by atoms with van der Waals surface area (Å²) >= 11 is 0. The largest absolute Gasteiger partial charge is 0.489 e. The van der Waals surface area contributed by atoms with Crippen LogP contribution in [0.5, 0.6) is 5.75 Å². The second-order valence-electron chi connectivity index (χ2n) is 9.02. The van der Waals surface area contributed by atoms with Gasteiger partial charge in [-0.3, -0.25) is 0 Å². The molecule has 0 aliphatic heterocycles. The van der Waals surface area contributed by atoms with Crippen molar-refractivity contribution in [2.75, 3.05) is 0 Å². The van der Waals surface area contributed by atoms with Crippen molar-refractivity contribution in [2.45, 2.75) is 59.4 Å². The van der Waals surface area contributed by atoms with Gasteiger partial charge in [-0.05, 0) is 71.4 Å². The second kappa shape index (κ2) is 7.82. The standard InChI is InChI=1S/C24H29NO4/c1-23(2,3)28-22(26)21-15-18-14-19(27-16-17-10-8-7-9-11-17)12-13-20(18)25(21)29-24(4,5)6/h7-15H,16H2,1-6H3. The van der Waals surface area contributed by atoms with Gasteiger partial charge in [0.2, 0.25) is 0 Å². The van der Waals surface area contributed by atoms with Crippen molar-refractivity contribution in [1.82, 2.24) is 4.73 Å². The van der Waals surface area contributed by atoms with E-state index < -0.39 is 17.2 Å². The van der Waals surface area contributed by atoms with Crippen LogP contribution in [0.1, 0.15) is 57.6 Å². The third-order valence-corrected chi connectivity index (χ3v) is 3.95. The Morgan fingerprint density at radius 3 is 2.21 bits per heavy atom. The van der Waals surface area contributed by atoms with E-state index in [-0.39, 0.29) is 0 Å². The van der Waals surface area contributed by atoms with Crippen LogP contribution in [0.15, 0.2) is 54.6 Å². The molecule has 2 aromatic carbocycles. The maximum Gasteiger partial charge on any atom is 0.358 e. The van der Waals surface area contributed by atoms with E-state index in [0.29, 0.717) is 12.3 Å². The van der Waals surface area contributed by atoms with Crippen molar-refractivity contribution in [3.05, 3.63) is 65.9 Å². The van der Waals surface area contributed by atoms with E-state index in [4.69, 9.17) is 14.3 Å². The van der Waals surface area contributed by atoms with Gasteiger partial charge in [0.1, 0.15) is 23.6 Å². The molecule has 0 aliphatic rings. The molecule has 3 aromatic rings. The predicted molar refractivity (Wildman–Crippen MR) is 114 cm³/mol. The molecule has 0 atom stereocenters. The highest BCUT2D eigenvalue weighted by Crippen LogP contribution is 2.27. The monoisotopic (exact) mass is 395 g/mol. The molecule has 0 N–H and O–H groups in total. The van der Waals surface area contributed by atoms with Gasteiger partial charge < -0.3 is 14.3 Å². The molecule has 0 radical (unpaired) electrons. The first-order valence-corrected chi connectivity index (χ1v) is 9.77. The molecule has 0 unspecified atom stereocenters. The summed E-state index contributed by atoms with van der Waals surface area (Å²) in [6, 6.07) is 17.5. The van der Waals surface area contributed by atoms with Gasteiger partial charge in [0.25, 0.3) is 0 Å². The van der Waals surface area contributed by atoms with Crippen molar-refractivity contribution in [3.8, 4) is 5.75 Å². The lowest BCUT2D eigenvalue weighted by atomic mass is 10.2. The Bertz CT molecular complexity index is 991. The number of benzene rings is 2. The maximum atomic E-state index is 12.8. The Morgan fingerprint density at radius 2 is 1.59 bits per heavy atom. The third kappa shape index (κ3) is 5.53. The molecule has 3 rings (SSSR count). The summed E-state index contributed by atoms with van der Waals surface area (Å²) in [5, 5.41) is 0.848. The molecule has 0 aliphatic carbocycles. The SMILES string of the molecule is CC(C)(C)OC(=O)c1cc2cc(OCc3ccccc3)ccc2n1OC(C)(C)C. The molecule has 0 fully saturated rings. The highest BCUT2D eigenvalue weighted by molar-refractivity contribution is 5.96. The first kappa shape index (κ1) is 20.8. The summed E-state index contributed by atoms with van der Waals surface area (Å²) in [5.41, 5.74) is 1.16. The lowest BCUT2D eigenvalue weighted by molar-refractivity contribution is -0.0223. The van der Waals surface area contributed by atoms with E-state index >= 15 is 0 Å². The lowest BCUT2D eigenvalue weighted by Crippen LogP contribution is -2.34. The van der Waals surface area contributed by atoms with E-state index in [9.17, 15) is 4.79 Å². The van der Waals surface area contributed by atoms with Crippen LogP contribution in [0.2, 0.25) is 0 Å². The number of hydrogen-bond acceptors (Lipinski definition) is 4. The van der Waals surface area contributed by atoms with E-state index in [1.165, 1.54) is 0 Å². The van der Waals surface area contributed by atoms with E-state index in [1.54, 1.807) is 10.8 Å². The van der Waals surface area contributed by atoms with Crippen molar-refractivity contribution < 1.29 is 19.1 Å². The molecule has 1 heterocycles. The molecule has 29 heavy (non-hydrogen) atoms. The normalized spacial score (nSPS) is 12.1. The minimum Gasteiger partial charge on any atom is -0.489 e. The maximum absolute atomic E-state index is 12.8. The van der Waals surface area contributed by atoms with Crippen LogP contribution in [-0.2, 0) is 11.3 Å². The first-order valence-electron chi connectivity index (χ1n) is 9.77. The Labute approximate surface area is 172 Å². The molecule has 0 bridgehead atoms. The Hall–Kier alpha value is -2.95. The number of fused-ring (bicyclic) bond motifs is 1. The van der Waals surface area contributed by atoms with Gasteiger partial charge in [0, 0.05) is 5.39 Å². The summed E-state index contributed by atoms with van der Waals surface area (Å²) in [6.45, 7) is 11.8. The number of rotatable bonds is 5. The Kier molecular flexibility index (Phi) is 5.60. The van der Waals surface area contributed by atoms with E-state index in [1.807, 2.05) is 90.1 Å². The van der Waals surface area contributed by atoms with Crippen LogP contribution in [0.25, 0.3) is 10.9 Å². The lowest BCUT2D eigenvalue weighted by Gasteiger charge is -2.25. The summed E-state index contributed by atoms with van der Waals surface area (Å²) in [6.07, 6.45) is 0. The second-order valence-corrected chi connectivity index (χ2v) is 9.02. The quantitative estimate of drug-likeness (QED) is 0.543. The van der Waals surface area contributed by atoms with Crippen molar-refractivity contribution >= 4 is 16.9 Å². The summed E-state index contributed by atoms with van der Waals surface area (Å²) in [7, 11) is 0.